The maximum absolute atomic E-state index is 6.21. The van der Waals surface area contributed by atoms with Crippen molar-refractivity contribution in [3.8, 4) is 0 Å². The van der Waals surface area contributed by atoms with Gasteiger partial charge in [0, 0.05) is 23.5 Å². The van der Waals surface area contributed by atoms with E-state index in [-0.39, 0.29) is 5.54 Å². The molecule has 1 aliphatic carbocycles. The summed E-state index contributed by atoms with van der Waals surface area (Å²) in [6.07, 6.45) is 9.16. The Morgan fingerprint density at radius 1 is 1.40 bits per heavy atom. The first kappa shape index (κ1) is 16.0. The van der Waals surface area contributed by atoms with Crippen LogP contribution in [0.3, 0.4) is 0 Å². The molecule has 1 aromatic rings. The van der Waals surface area contributed by atoms with E-state index < -0.39 is 0 Å². The SMILES string of the molecule is CCC1CCCC(CN)(N(C)CCc2cccs2)CC1. The van der Waals surface area contributed by atoms with Crippen LogP contribution in [0.25, 0.3) is 0 Å². The number of hydrogen-bond donors (Lipinski definition) is 1. The molecule has 0 saturated heterocycles. The smallest absolute Gasteiger partial charge is 0.0328 e. The molecule has 0 spiro atoms. The summed E-state index contributed by atoms with van der Waals surface area (Å²) in [5, 5.41) is 2.17. The van der Waals surface area contributed by atoms with E-state index >= 15 is 0 Å². The van der Waals surface area contributed by atoms with E-state index in [0.717, 1.165) is 25.4 Å². The van der Waals surface area contributed by atoms with Gasteiger partial charge in [0.15, 0.2) is 0 Å². The molecule has 114 valence electrons. The van der Waals surface area contributed by atoms with E-state index in [0.29, 0.717) is 0 Å². The molecule has 2 unspecified atom stereocenters. The Morgan fingerprint density at radius 2 is 2.25 bits per heavy atom. The van der Waals surface area contributed by atoms with Crippen molar-refractivity contribution in [2.75, 3.05) is 20.1 Å². The van der Waals surface area contributed by atoms with E-state index in [2.05, 4.69) is 36.4 Å². The van der Waals surface area contributed by atoms with Gasteiger partial charge in [-0.2, -0.15) is 0 Å². The van der Waals surface area contributed by atoms with Crippen LogP contribution < -0.4 is 5.73 Å². The highest BCUT2D eigenvalue weighted by atomic mass is 32.1. The molecule has 0 bridgehead atoms. The number of hydrogen-bond acceptors (Lipinski definition) is 3. The Morgan fingerprint density at radius 3 is 2.90 bits per heavy atom. The predicted octanol–water partition coefficient (Wildman–Crippen LogP) is 3.91. The summed E-state index contributed by atoms with van der Waals surface area (Å²) in [4.78, 5) is 4.05. The van der Waals surface area contributed by atoms with Gasteiger partial charge in [0.05, 0.1) is 0 Å². The van der Waals surface area contributed by atoms with Crippen molar-refractivity contribution in [2.24, 2.45) is 11.7 Å². The number of nitrogens with two attached hydrogens (primary N) is 1. The van der Waals surface area contributed by atoms with Gasteiger partial charge in [0.2, 0.25) is 0 Å². The lowest BCUT2D eigenvalue weighted by Gasteiger charge is -2.41. The lowest BCUT2D eigenvalue weighted by atomic mass is 9.87. The van der Waals surface area contributed by atoms with Crippen LogP contribution in [0.4, 0.5) is 0 Å². The third-order valence-corrected chi connectivity index (χ3v) is 6.25. The molecule has 2 rings (SSSR count). The van der Waals surface area contributed by atoms with Crippen molar-refractivity contribution >= 4 is 11.3 Å². The zero-order valence-electron chi connectivity index (χ0n) is 13.1. The molecule has 0 aliphatic heterocycles. The normalized spacial score (nSPS) is 27.7. The van der Waals surface area contributed by atoms with Crippen molar-refractivity contribution in [2.45, 2.75) is 57.4 Å². The summed E-state index contributed by atoms with van der Waals surface area (Å²) in [7, 11) is 2.28. The first-order valence-electron chi connectivity index (χ1n) is 8.14. The van der Waals surface area contributed by atoms with E-state index in [9.17, 15) is 0 Å². The van der Waals surface area contributed by atoms with Crippen LogP contribution >= 0.6 is 11.3 Å². The van der Waals surface area contributed by atoms with Crippen molar-refractivity contribution in [3.05, 3.63) is 22.4 Å². The van der Waals surface area contributed by atoms with Gasteiger partial charge in [0.25, 0.3) is 0 Å². The van der Waals surface area contributed by atoms with Gasteiger partial charge < -0.3 is 5.73 Å². The molecule has 1 aliphatic rings. The molecule has 0 radical (unpaired) electrons. The second-order valence-electron chi connectivity index (χ2n) is 6.38. The van der Waals surface area contributed by atoms with Gasteiger partial charge in [-0.25, -0.2) is 0 Å². The van der Waals surface area contributed by atoms with Crippen LogP contribution in [0.15, 0.2) is 17.5 Å². The summed E-state index contributed by atoms with van der Waals surface area (Å²) in [6, 6.07) is 4.39. The van der Waals surface area contributed by atoms with E-state index in [1.807, 2.05) is 11.3 Å². The van der Waals surface area contributed by atoms with Crippen molar-refractivity contribution in [3.63, 3.8) is 0 Å². The molecule has 1 fully saturated rings. The van der Waals surface area contributed by atoms with Gasteiger partial charge in [-0.15, -0.1) is 11.3 Å². The van der Waals surface area contributed by atoms with Gasteiger partial charge >= 0.3 is 0 Å². The molecule has 0 aromatic carbocycles. The summed E-state index contributed by atoms with van der Waals surface area (Å²) in [5.41, 5.74) is 6.46. The maximum atomic E-state index is 6.21. The average Bonchev–Trinajstić information content (AvgIpc) is 2.90. The zero-order valence-corrected chi connectivity index (χ0v) is 13.9. The highest BCUT2D eigenvalue weighted by Gasteiger charge is 2.35. The van der Waals surface area contributed by atoms with Crippen LogP contribution in [0.1, 0.15) is 50.3 Å². The molecule has 2 atom stereocenters. The fourth-order valence-corrected chi connectivity index (χ4v) is 4.28. The molecule has 3 heteroatoms. The van der Waals surface area contributed by atoms with Gasteiger partial charge in [-0.05, 0) is 50.1 Å². The molecule has 20 heavy (non-hydrogen) atoms. The molecule has 2 N–H and O–H groups in total. The highest BCUT2D eigenvalue weighted by Crippen LogP contribution is 2.35. The van der Waals surface area contributed by atoms with Crippen LogP contribution in [0.5, 0.6) is 0 Å². The fourth-order valence-electron chi connectivity index (χ4n) is 3.58. The van der Waals surface area contributed by atoms with Crippen molar-refractivity contribution in [1.29, 1.82) is 0 Å². The summed E-state index contributed by atoms with van der Waals surface area (Å²) >= 11 is 1.87. The first-order valence-corrected chi connectivity index (χ1v) is 9.02. The van der Waals surface area contributed by atoms with Crippen LogP contribution in [0.2, 0.25) is 0 Å². The van der Waals surface area contributed by atoms with Gasteiger partial charge in [-0.1, -0.05) is 32.3 Å². The molecule has 2 nitrogen and oxygen atoms in total. The minimum Gasteiger partial charge on any atom is -0.329 e. The minimum atomic E-state index is 0.251. The Hall–Kier alpha value is -0.380. The highest BCUT2D eigenvalue weighted by molar-refractivity contribution is 7.09. The number of thiophene rings is 1. The fraction of sp³-hybridized carbons (Fsp3) is 0.765. The third-order valence-electron chi connectivity index (χ3n) is 5.31. The number of rotatable bonds is 6. The van der Waals surface area contributed by atoms with E-state index in [1.54, 1.807) is 0 Å². The molecule has 1 heterocycles. The molecule has 0 amide bonds. The second kappa shape index (κ2) is 7.58. The predicted molar refractivity (Wildman–Crippen MR) is 89.3 cm³/mol. The summed E-state index contributed by atoms with van der Waals surface area (Å²) in [6.45, 7) is 4.28. The standard InChI is InChI=1S/C17H30N2S/c1-3-15-6-4-10-17(14-18,11-8-15)19(2)12-9-16-7-5-13-20-16/h5,7,13,15H,3-4,6,8-12,14,18H2,1-2H3. The summed E-state index contributed by atoms with van der Waals surface area (Å²) in [5.74, 6) is 0.925. The molecule has 1 aromatic heterocycles. The molecular formula is C17H30N2S. The van der Waals surface area contributed by atoms with Crippen LogP contribution in [-0.4, -0.2) is 30.6 Å². The Balaban J connectivity index is 1.94. The lowest BCUT2D eigenvalue weighted by molar-refractivity contribution is 0.107. The van der Waals surface area contributed by atoms with Gasteiger partial charge in [0.1, 0.15) is 0 Å². The maximum Gasteiger partial charge on any atom is 0.0328 e. The minimum absolute atomic E-state index is 0.251. The Labute approximate surface area is 128 Å². The van der Waals surface area contributed by atoms with Crippen molar-refractivity contribution < 1.29 is 0 Å². The van der Waals surface area contributed by atoms with E-state index in [1.165, 1.54) is 43.4 Å². The largest absolute Gasteiger partial charge is 0.329 e. The van der Waals surface area contributed by atoms with Crippen LogP contribution in [0, 0.1) is 5.92 Å². The zero-order chi connectivity index (χ0) is 14.4. The second-order valence-corrected chi connectivity index (χ2v) is 7.42. The quantitative estimate of drug-likeness (QED) is 0.806. The monoisotopic (exact) mass is 294 g/mol. The topological polar surface area (TPSA) is 29.3 Å². The Bertz CT molecular complexity index is 376. The number of likely N-dealkylation sites (N-methyl/N-ethyl adjacent to an activating group) is 1. The molecule has 1 saturated carbocycles. The third kappa shape index (κ3) is 3.84. The first-order chi connectivity index (χ1) is 9.70. The van der Waals surface area contributed by atoms with Crippen molar-refractivity contribution in [1.82, 2.24) is 4.90 Å². The lowest BCUT2D eigenvalue weighted by Crippen LogP contribution is -2.52. The van der Waals surface area contributed by atoms with E-state index in [4.69, 9.17) is 5.73 Å². The average molecular weight is 295 g/mol. The van der Waals surface area contributed by atoms with Gasteiger partial charge in [-0.3, -0.25) is 4.90 Å². The van der Waals surface area contributed by atoms with Crippen LogP contribution in [-0.2, 0) is 6.42 Å². The summed E-state index contributed by atoms with van der Waals surface area (Å²) < 4.78 is 0. The Kier molecular flexibility index (Phi) is 6.06. The number of nitrogens with zero attached hydrogens (tertiary/aromatic N) is 1. The molecular weight excluding hydrogens is 264 g/mol.